The zero-order valence-electron chi connectivity index (χ0n) is 9.01. The maximum absolute atomic E-state index is 11.2. The van der Waals surface area contributed by atoms with E-state index in [2.05, 4.69) is 5.32 Å². The summed E-state index contributed by atoms with van der Waals surface area (Å²) in [5, 5.41) is 2.83. The summed E-state index contributed by atoms with van der Waals surface area (Å²) in [5.74, 6) is 0.672. The lowest BCUT2D eigenvalue weighted by molar-refractivity contribution is -0.126. The normalized spacial score (nSPS) is 16.8. The maximum atomic E-state index is 11.2. The van der Waals surface area contributed by atoms with E-state index < -0.39 is 0 Å². The summed E-state index contributed by atoms with van der Waals surface area (Å²) in [6.07, 6.45) is 2.49. The summed E-state index contributed by atoms with van der Waals surface area (Å²) in [5.41, 5.74) is 5.33. The maximum Gasteiger partial charge on any atom is 0.246 e. The molecule has 1 aliphatic rings. The van der Waals surface area contributed by atoms with E-state index in [0.29, 0.717) is 12.5 Å². The van der Waals surface area contributed by atoms with E-state index in [4.69, 9.17) is 10.5 Å². The molecule has 0 aromatic carbocycles. The number of hydrogen-bond acceptors (Lipinski definition) is 3. The van der Waals surface area contributed by atoms with Gasteiger partial charge in [-0.25, -0.2) is 0 Å². The number of carbonyl (C=O) groups excluding carboxylic acids is 1. The van der Waals surface area contributed by atoms with Crippen LogP contribution in [0.25, 0.3) is 0 Å². The molecule has 0 unspecified atom stereocenters. The van der Waals surface area contributed by atoms with Crippen molar-refractivity contribution in [3.05, 3.63) is 0 Å². The van der Waals surface area contributed by atoms with Gasteiger partial charge in [0, 0.05) is 12.1 Å². The first-order valence-corrected chi connectivity index (χ1v) is 5.11. The predicted molar refractivity (Wildman–Crippen MR) is 54.8 cm³/mol. The Hall–Kier alpha value is -0.610. The van der Waals surface area contributed by atoms with Crippen molar-refractivity contribution in [2.24, 2.45) is 11.7 Å². The Balaban J connectivity index is 1.96. The molecule has 0 atom stereocenters. The van der Waals surface area contributed by atoms with Gasteiger partial charge in [0.15, 0.2) is 0 Å². The van der Waals surface area contributed by atoms with Crippen LogP contribution in [-0.4, -0.2) is 31.2 Å². The largest absolute Gasteiger partial charge is 0.370 e. The molecular weight excluding hydrogens is 180 g/mol. The highest BCUT2D eigenvalue weighted by Crippen LogP contribution is 2.27. The Morgan fingerprint density at radius 1 is 1.57 bits per heavy atom. The molecule has 4 nitrogen and oxygen atoms in total. The van der Waals surface area contributed by atoms with Gasteiger partial charge in [0.1, 0.15) is 6.61 Å². The zero-order valence-corrected chi connectivity index (χ0v) is 9.01. The summed E-state index contributed by atoms with van der Waals surface area (Å²) in [4.78, 5) is 11.2. The Labute approximate surface area is 85.2 Å². The molecule has 1 saturated carbocycles. The van der Waals surface area contributed by atoms with Gasteiger partial charge in [-0.1, -0.05) is 0 Å². The van der Waals surface area contributed by atoms with E-state index >= 15 is 0 Å². The van der Waals surface area contributed by atoms with Crippen LogP contribution in [0.3, 0.4) is 0 Å². The topological polar surface area (TPSA) is 64.3 Å². The Bertz CT molecular complexity index is 195. The minimum Gasteiger partial charge on any atom is -0.370 e. The highest BCUT2D eigenvalue weighted by molar-refractivity contribution is 5.77. The van der Waals surface area contributed by atoms with Gasteiger partial charge in [0.25, 0.3) is 0 Å². The van der Waals surface area contributed by atoms with Gasteiger partial charge in [0.05, 0.1) is 6.61 Å². The van der Waals surface area contributed by atoms with Gasteiger partial charge in [-0.05, 0) is 32.6 Å². The smallest absolute Gasteiger partial charge is 0.246 e. The molecule has 3 N–H and O–H groups in total. The number of nitrogens with two attached hydrogens (primary N) is 1. The molecule has 14 heavy (non-hydrogen) atoms. The number of carbonyl (C=O) groups is 1. The average molecular weight is 200 g/mol. The van der Waals surface area contributed by atoms with Crippen LogP contribution in [0.4, 0.5) is 0 Å². The summed E-state index contributed by atoms with van der Waals surface area (Å²) in [6.45, 7) is 5.07. The van der Waals surface area contributed by atoms with E-state index in [-0.39, 0.29) is 18.1 Å². The van der Waals surface area contributed by atoms with Crippen molar-refractivity contribution in [1.29, 1.82) is 0 Å². The average Bonchev–Trinajstić information content (AvgIpc) is 2.81. The summed E-state index contributed by atoms with van der Waals surface area (Å²) >= 11 is 0. The third-order valence-electron chi connectivity index (χ3n) is 1.99. The van der Waals surface area contributed by atoms with E-state index in [0.717, 1.165) is 6.54 Å². The Kier molecular flexibility index (Phi) is 3.89. The number of rotatable bonds is 6. The molecule has 82 valence electrons. The van der Waals surface area contributed by atoms with Crippen LogP contribution in [-0.2, 0) is 9.53 Å². The number of hydrogen-bond donors (Lipinski definition) is 2. The molecule has 1 aliphatic carbocycles. The lowest BCUT2D eigenvalue weighted by atomic mass is 10.1. The molecule has 0 spiro atoms. The van der Waals surface area contributed by atoms with Gasteiger partial charge < -0.3 is 15.8 Å². The molecule has 0 aromatic rings. The molecular formula is C10H20N2O2. The number of ether oxygens (including phenoxy) is 1. The first-order valence-electron chi connectivity index (χ1n) is 5.11. The summed E-state index contributed by atoms with van der Waals surface area (Å²) < 4.78 is 5.18. The van der Waals surface area contributed by atoms with Gasteiger partial charge in [-0.3, -0.25) is 4.79 Å². The fourth-order valence-corrected chi connectivity index (χ4v) is 1.04. The van der Waals surface area contributed by atoms with Gasteiger partial charge in [-0.2, -0.15) is 0 Å². The summed E-state index contributed by atoms with van der Waals surface area (Å²) in [6, 6.07) is 0. The van der Waals surface area contributed by atoms with Crippen molar-refractivity contribution >= 4 is 5.91 Å². The van der Waals surface area contributed by atoms with Gasteiger partial charge in [0.2, 0.25) is 5.91 Å². The van der Waals surface area contributed by atoms with Crippen molar-refractivity contribution in [3.63, 3.8) is 0 Å². The highest BCUT2D eigenvalue weighted by atomic mass is 16.5. The second-order valence-corrected chi connectivity index (χ2v) is 4.73. The van der Waals surface area contributed by atoms with Crippen molar-refractivity contribution in [1.82, 2.24) is 5.32 Å². The summed E-state index contributed by atoms with van der Waals surface area (Å²) in [7, 11) is 0. The van der Waals surface area contributed by atoms with E-state index in [1.54, 1.807) is 0 Å². The van der Waals surface area contributed by atoms with Crippen LogP contribution in [0.5, 0.6) is 0 Å². The van der Waals surface area contributed by atoms with Crippen LogP contribution in [0.2, 0.25) is 0 Å². The van der Waals surface area contributed by atoms with Crippen LogP contribution in [0.15, 0.2) is 0 Å². The molecule has 4 heteroatoms. The van der Waals surface area contributed by atoms with Crippen LogP contribution >= 0.6 is 0 Å². The van der Waals surface area contributed by atoms with Crippen molar-refractivity contribution < 1.29 is 9.53 Å². The molecule has 1 amide bonds. The predicted octanol–water partition coefficient (Wildman–Crippen LogP) is 0.267. The second-order valence-electron chi connectivity index (χ2n) is 4.73. The van der Waals surface area contributed by atoms with Crippen LogP contribution in [0, 0.1) is 5.92 Å². The van der Waals surface area contributed by atoms with Crippen LogP contribution in [0.1, 0.15) is 26.7 Å². The van der Waals surface area contributed by atoms with Crippen LogP contribution < -0.4 is 11.1 Å². The molecule has 1 fully saturated rings. The quantitative estimate of drug-likeness (QED) is 0.646. The third kappa shape index (κ3) is 5.94. The minimum atomic E-state index is -0.364. The Morgan fingerprint density at radius 3 is 2.71 bits per heavy atom. The zero-order chi connectivity index (χ0) is 10.6. The van der Waals surface area contributed by atoms with Gasteiger partial charge >= 0.3 is 0 Å². The monoisotopic (exact) mass is 200 g/mol. The standard InChI is InChI=1S/C10H20N2O2/c1-10(2,11)7-14-6-9(13)12-5-8-3-4-8/h8H,3-7,11H2,1-2H3,(H,12,13). The highest BCUT2D eigenvalue weighted by Gasteiger charge is 2.21. The van der Waals surface area contributed by atoms with Crippen molar-refractivity contribution in [3.8, 4) is 0 Å². The Morgan fingerprint density at radius 2 is 2.21 bits per heavy atom. The molecule has 0 heterocycles. The van der Waals surface area contributed by atoms with Crippen molar-refractivity contribution in [2.75, 3.05) is 19.8 Å². The fraction of sp³-hybridized carbons (Fsp3) is 0.900. The number of nitrogens with one attached hydrogen (secondary N) is 1. The minimum absolute atomic E-state index is 0.0406. The fourth-order valence-electron chi connectivity index (χ4n) is 1.04. The third-order valence-corrected chi connectivity index (χ3v) is 1.99. The van der Waals surface area contributed by atoms with E-state index in [1.807, 2.05) is 13.8 Å². The lowest BCUT2D eigenvalue weighted by Gasteiger charge is -2.17. The molecule has 0 bridgehead atoms. The van der Waals surface area contributed by atoms with Gasteiger partial charge in [-0.15, -0.1) is 0 Å². The number of amides is 1. The molecule has 0 aliphatic heterocycles. The first kappa shape index (κ1) is 11.5. The van der Waals surface area contributed by atoms with E-state index in [9.17, 15) is 4.79 Å². The molecule has 0 aromatic heterocycles. The molecule has 1 rings (SSSR count). The van der Waals surface area contributed by atoms with Crippen molar-refractivity contribution in [2.45, 2.75) is 32.2 Å². The van der Waals surface area contributed by atoms with E-state index in [1.165, 1.54) is 12.8 Å². The first-order chi connectivity index (χ1) is 6.47. The molecule has 0 radical (unpaired) electrons. The second kappa shape index (κ2) is 4.75. The lowest BCUT2D eigenvalue weighted by Crippen LogP contribution is -2.39. The SMILES string of the molecule is CC(C)(N)COCC(=O)NCC1CC1. The molecule has 0 saturated heterocycles.